The van der Waals surface area contributed by atoms with Crippen LogP contribution >= 0.6 is 0 Å². The maximum Gasteiger partial charge on any atom is 0.258 e. The van der Waals surface area contributed by atoms with Gasteiger partial charge in [-0.05, 0) is 35.6 Å². The molecule has 0 spiro atoms. The molecule has 1 aliphatic rings. The summed E-state index contributed by atoms with van der Waals surface area (Å²) in [7, 11) is 0. The first-order valence-electron chi connectivity index (χ1n) is 8.34. The lowest BCUT2D eigenvalue weighted by atomic mass is 9.86. The van der Waals surface area contributed by atoms with Crippen LogP contribution in [0, 0.1) is 5.92 Å². The predicted octanol–water partition coefficient (Wildman–Crippen LogP) is 3.12. The molecule has 3 aromatic rings. The number of benzene rings is 1. The van der Waals surface area contributed by atoms with Crippen LogP contribution in [-0.2, 0) is 6.42 Å². The van der Waals surface area contributed by atoms with Gasteiger partial charge >= 0.3 is 0 Å². The van der Waals surface area contributed by atoms with Crippen LogP contribution in [0.15, 0.2) is 48.8 Å². The fourth-order valence-electron chi connectivity index (χ4n) is 3.70. The van der Waals surface area contributed by atoms with Crippen LogP contribution in [0.1, 0.15) is 41.4 Å². The number of carbonyl (C=O) groups is 1. The van der Waals surface area contributed by atoms with E-state index in [9.17, 15) is 4.79 Å². The molecule has 5 heteroatoms. The molecule has 2 aromatic heterocycles. The van der Waals surface area contributed by atoms with E-state index in [-0.39, 0.29) is 11.9 Å². The van der Waals surface area contributed by atoms with Crippen LogP contribution in [0.25, 0.3) is 5.52 Å². The van der Waals surface area contributed by atoms with Crippen molar-refractivity contribution in [2.45, 2.75) is 26.3 Å². The van der Waals surface area contributed by atoms with E-state index in [1.807, 2.05) is 17.0 Å². The van der Waals surface area contributed by atoms with Gasteiger partial charge < -0.3 is 4.90 Å². The second-order valence-electron chi connectivity index (χ2n) is 6.59. The average molecular weight is 320 g/mol. The van der Waals surface area contributed by atoms with E-state index in [2.05, 4.69) is 48.3 Å². The Labute approximate surface area is 140 Å². The third-order valence-corrected chi connectivity index (χ3v) is 4.76. The Morgan fingerprint density at radius 1 is 1.17 bits per heavy atom. The molecule has 4 rings (SSSR count). The quantitative estimate of drug-likeness (QED) is 0.729. The van der Waals surface area contributed by atoms with Gasteiger partial charge in [-0.3, -0.25) is 4.79 Å². The zero-order valence-electron chi connectivity index (χ0n) is 13.9. The van der Waals surface area contributed by atoms with Crippen molar-refractivity contribution in [2.24, 2.45) is 5.92 Å². The molecule has 24 heavy (non-hydrogen) atoms. The minimum absolute atomic E-state index is 0.0335. The summed E-state index contributed by atoms with van der Waals surface area (Å²) in [6.07, 6.45) is 4.19. The summed E-state index contributed by atoms with van der Waals surface area (Å²) in [6.45, 7) is 5.08. The maximum absolute atomic E-state index is 13.2. The molecule has 1 aromatic carbocycles. The van der Waals surface area contributed by atoms with Crippen LogP contribution in [0.3, 0.4) is 0 Å². The van der Waals surface area contributed by atoms with E-state index in [1.165, 1.54) is 15.8 Å². The summed E-state index contributed by atoms with van der Waals surface area (Å²) >= 11 is 0. The summed E-state index contributed by atoms with van der Waals surface area (Å²) in [5.74, 6) is 0.376. The largest absolute Gasteiger partial charge is 0.331 e. The van der Waals surface area contributed by atoms with Crippen molar-refractivity contribution in [3.63, 3.8) is 0 Å². The summed E-state index contributed by atoms with van der Waals surface area (Å²) in [4.78, 5) is 15.2. The highest BCUT2D eigenvalue weighted by Crippen LogP contribution is 2.36. The molecule has 0 fully saturated rings. The molecule has 1 atom stereocenters. The molecule has 122 valence electrons. The average Bonchev–Trinajstić information content (AvgIpc) is 3.04. The van der Waals surface area contributed by atoms with Gasteiger partial charge in [0.05, 0.1) is 17.8 Å². The van der Waals surface area contributed by atoms with Gasteiger partial charge in [0, 0.05) is 12.7 Å². The van der Waals surface area contributed by atoms with Crippen molar-refractivity contribution in [2.75, 3.05) is 6.54 Å². The van der Waals surface area contributed by atoms with Crippen molar-refractivity contribution in [1.29, 1.82) is 0 Å². The fourth-order valence-corrected chi connectivity index (χ4v) is 3.70. The Hall–Kier alpha value is -2.69. The molecule has 5 nitrogen and oxygen atoms in total. The normalized spacial score (nSPS) is 17.3. The maximum atomic E-state index is 13.2. The summed E-state index contributed by atoms with van der Waals surface area (Å²) in [6, 6.07) is 12.3. The first kappa shape index (κ1) is 14.9. The highest BCUT2D eigenvalue weighted by molar-refractivity contribution is 6.00. The Morgan fingerprint density at radius 2 is 2.00 bits per heavy atom. The second-order valence-corrected chi connectivity index (χ2v) is 6.59. The molecule has 1 aliphatic heterocycles. The van der Waals surface area contributed by atoms with Crippen LogP contribution in [0.2, 0.25) is 0 Å². The lowest BCUT2D eigenvalue weighted by Crippen LogP contribution is -2.42. The molecule has 0 saturated heterocycles. The predicted molar refractivity (Wildman–Crippen MR) is 91.7 cm³/mol. The Kier molecular flexibility index (Phi) is 3.56. The summed E-state index contributed by atoms with van der Waals surface area (Å²) < 4.78 is 1.51. The number of rotatable bonds is 2. The zero-order valence-corrected chi connectivity index (χ0v) is 13.9. The van der Waals surface area contributed by atoms with Gasteiger partial charge in [-0.1, -0.05) is 38.1 Å². The van der Waals surface area contributed by atoms with Crippen LogP contribution in [0.5, 0.6) is 0 Å². The van der Waals surface area contributed by atoms with Crippen molar-refractivity contribution in [1.82, 2.24) is 19.7 Å². The number of hydrogen-bond acceptors (Lipinski definition) is 3. The van der Waals surface area contributed by atoms with Gasteiger partial charge in [0.2, 0.25) is 0 Å². The molecular weight excluding hydrogens is 300 g/mol. The molecule has 0 radical (unpaired) electrons. The van der Waals surface area contributed by atoms with Gasteiger partial charge in [-0.25, -0.2) is 0 Å². The number of carbonyl (C=O) groups excluding carboxylic acids is 1. The van der Waals surface area contributed by atoms with E-state index in [0.29, 0.717) is 11.5 Å². The van der Waals surface area contributed by atoms with Crippen molar-refractivity contribution < 1.29 is 4.79 Å². The number of hydrogen-bond donors (Lipinski definition) is 0. The van der Waals surface area contributed by atoms with E-state index >= 15 is 0 Å². The van der Waals surface area contributed by atoms with Crippen LogP contribution < -0.4 is 0 Å². The first-order chi connectivity index (χ1) is 11.7. The van der Waals surface area contributed by atoms with E-state index in [4.69, 9.17) is 0 Å². The van der Waals surface area contributed by atoms with Gasteiger partial charge in [-0.2, -0.15) is 14.8 Å². The van der Waals surface area contributed by atoms with Gasteiger partial charge in [0.15, 0.2) is 0 Å². The third kappa shape index (κ3) is 2.28. The van der Waals surface area contributed by atoms with Crippen molar-refractivity contribution in [3.05, 3.63) is 65.5 Å². The molecular formula is C19H20N4O. The SMILES string of the molecule is CC(C)C1c2ccccc2CCN1C(=O)c1cnn2ncccc12. The summed E-state index contributed by atoms with van der Waals surface area (Å²) in [5.41, 5.74) is 3.99. The molecule has 0 aliphatic carbocycles. The highest BCUT2D eigenvalue weighted by atomic mass is 16.2. The molecule has 3 heterocycles. The Balaban J connectivity index is 1.77. The zero-order chi connectivity index (χ0) is 16.7. The minimum Gasteiger partial charge on any atom is -0.331 e. The topological polar surface area (TPSA) is 50.5 Å². The van der Waals surface area contributed by atoms with E-state index in [0.717, 1.165) is 18.5 Å². The van der Waals surface area contributed by atoms with Crippen LogP contribution in [0.4, 0.5) is 0 Å². The smallest absolute Gasteiger partial charge is 0.258 e. The Bertz CT molecular complexity index is 899. The molecule has 1 unspecified atom stereocenters. The lowest BCUT2D eigenvalue weighted by molar-refractivity contribution is 0.0605. The van der Waals surface area contributed by atoms with Crippen molar-refractivity contribution >= 4 is 11.4 Å². The monoisotopic (exact) mass is 320 g/mol. The number of nitrogens with zero attached hydrogens (tertiary/aromatic N) is 4. The molecule has 1 amide bonds. The van der Waals surface area contributed by atoms with Gasteiger partial charge in [0.1, 0.15) is 5.52 Å². The molecule has 0 saturated carbocycles. The standard InChI is InChI=1S/C19H20N4O/c1-13(2)18-15-7-4-3-6-14(15)9-11-22(18)19(24)16-12-21-23-17(16)8-5-10-20-23/h3-8,10,12-13,18H,9,11H2,1-2H3. The Morgan fingerprint density at radius 3 is 2.83 bits per heavy atom. The fraction of sp³-hybridized carbons (Fsp3) is 0.316. The van der Waals surface area contributed by atoms with Gasteiger partial charge in [0.25, 0.3) is 5.91 Å². The van der Waals surface area contributed by atoms with Crippen LogP contribution in [-0.4, -0.2) is 32.2 Å². The number of fused-ring (bicyclic) bond motifs is 2. The first-order valence-corrected chi connectivity index (χ1v) is 8.34. The number of amides is 1. The molecule has 0 bridgehead atoms. The minimum atomic E-state index is 0.0335. The molecule has 0 N–H and O–H groups in total. The van der Waals surface area contributed by atoms with E-state index in [1.54, 1.807) is 12.4 Å². The summed E-state index contributed by atoms with van der Waals surface area (Å²) in [5, 5.41) is 8.36. The lowest BCUT2D eigenvalue weighted by Gasteiger charge is -2.39. The van der Waals surface area contributed by atoms with E-state index < -0.39 is 0 Å². The van der Waals surface area contributed by atoms with Gasteiger partial charge in [-0.15, -0.1) is 0 Å². The highest BCUT2D eigenvalue weighted by Gasteiger charge is 2.34. The number of aromatic nitrogens is 3. The van der Waals surface area contributed by atoms with Crippen molar-refractivity contribution in [3.8, 4) is 0 Å². The third-order valence-electron chi connectivity index (χ3n) is 4.76. The second kappa shape index (κ2) is 5.74.